The van der Waals surface area contributed by atoms with Crippen molar-refractivity contribution in [1.82, 2.24) is 4.98 Å². The van der Waals surface area contributed by atoms with E-state index in [2.05, 4.69) is 4.98 Å². The minimum Gasteiger partial charge on any atom is -0.508 e. The second-order valence-corrected chi connectivity index (χ2v) is 5.20. The number of phenolic OH excluding ortho intramolecular Hbond substituents is 1. The number of benzene rings is 2. The van der Waals surface area contributed by atoms with Gasteiger partial charge in [0.1, 0.15) is 11.5 Å². The summed E-state index contributed by atoms with van der Waals surface area (Å²) in [6.07, 6.45) is 1.75. The van der Waals surface area contributed by atoms with Crippen LogP contribution in [0.15, 0.2) is 60.8 Å². The van der Waals surface area contributed by atoms with Crippen molar-refractivity contribution >= 4 is 11.6 Å². The summed E-state index contributed by atoms with van der Waals surface area (Å²) in [6, 6.07) is 16.5. The predicted octanol–water partition coefficient (Wildman–Crippen LogP) is 4.78. The Kier molecular flexibility index (Phi) is 3.98. The minimum atomic E-state index is 0.135. The Balaban J connectivity index is 2.24. The van der Waals surface area contributed by atoms with Crippen molar-refractivity contribution in [3.05, 3.63) is 65.8 Å². The number of phenols is 1. The highest BCUT2D eigenvalue weighted by molar-refractivity contribution is 6.33. The summed E-state index contributed by atoms with van der Waals surface area (Å²) in [5.41, 5.74) is 3.53. The van der Waals surface area contributed by atoms with Crippen LogP contribution in [0.5, 0.6) is 11.5 Å². The van der Waals surface area contributed by atoms with E-state index in [0.29, 0.717) is 5.02 Å². The molecule has 2 aromatic carbocycles. The SMILES string of the molecule is COc1ccc(-c2ccccn2)c(-c2ccc(O)cc2Cl)c1. The van der Waals surface area contributed by atoms with Crippen LogP contribution in [0.4, 0.5) is 0 Å². The van der Waals surface area contributed by atoms with Gasteiger partial charge in [-0.05, 0) is 54.1 Å². The van der Waals surface area contributed by atoms with E-state index in [-0.39, 0.29) is 5.75 Å². The van der Waals surface area contributed by atoms with Crippen LogP contribution in [0, 0.1) is 0 Å². The molecule has 3 aromatic rings. The summed E-state index contributed by atoms with van der Waals surface area (Å²) in [7, 11) is 1.62. The maximum Gasteiger partial charge on any atom is 0.119 e. The van der Waals surface area contributed by atoms with Crippen molar-refractivity contribution < 1.29 is 9.84 Å². The van der Waals surface area contributed by atoms with Crippen molar-refractivity contribution in [1.29, 1.82) is 0 Å². The Morgan fingerprint density at radius 2 is 1.77 bits per heavy atom. The number of methoxy groups -OCH3 is 1. The first-order valence-corrected chi connectivity index (χ1v) is 7.15. The molecule has 0 saturated heterocycles. The van der Waals surface area contributed by atoms with Gasteiger partial charge in [0, 0.05) is 17.3 Å². The smallest absolute Gasteiger partial charge is 0.119 e. The van der Waals surface area contributed by atoms with E-state index in [1.54, 1.807) is 25.4 Å². The lowest BCUT2D eigenvalue weighted by Crippen LogP contribution is -1.91. The van der Waals surface area contributed by atoms with Gasteiger partial charge < -0.3 is 9.84 Å². The summed E-state index contributed by atoms with van der Waals surface area (Å²) in [5, 5.41) is 10.0. The molecular weight excluding hydrogens is 298 g/mol. The van der Waals surface area contributed by atoms with E-state index >= 15 is 0 Å². The molecule has 0 saturated carbocycles. The van der Waals surface area contributed by atoms with Crippen LogP contribution < -0.4 is 4.74 Å². The standard InChI is InChI=1S/C18H14ClNO2/c1-22-13-6-8-15(18-4-2-3-9-20-18)16(11-13)14-7-5-12(21)10-17(14)19/h2-11,21H,1H3. The number of aromatic nitrogens is 1. The molecule has 0 spiro atoms. The number of halogens is 1. The van der Waals surface area contributed by atoms with Crippen LogP contribution in [0.25, 0.3) is 22.4 Å². The molecule has 1 aromatic heterocycles. The molecule has 3 rings (SSSR count). The highest BCUT2D eigenvalue weighted by atomic mass is 35.5. The molecule has 0 amide bonds. The second kappa shape index (κ2) is 6.08. The topological polar surface area (TPSA) is 42.4 Å². The summed E-state index contributed by atoms with van der Waals surface area (Å²) >= 11 is 6.30. The molecule has 0 radical (unpaired) electrons. The summed E-state index contributed by atoms with van der Waals surface area (Å²) in [5.74, 6) is 0.870. The lowest BCUT2D eigenvalue weighted by atomic mass is 9.96. The van der Waals surface area contributed by atoms with Crippen LogP contribution in [-0.2, 0) is 0 Å². The van der Waals surface area contributed by atoms with Crippen molar-refractivity contribution in [2.24, 2.45) is 0 Å². The Morgan fingerprint density at radius 1 is 0.955 bits per heavy atom. The van der Waals surface area contributed by atoms with Gasteiger partial charge in [-0.1, -0.05) is 17.7 Å². The first kappa shape index (κ1) is 14.4. The van der Waals surface area contributed by atoms with E-state index in [4.69, 9.17) is 16.3 Å². The van der Waals surface area contributed by atoms with Gasteiger partial charge in [-0.25, -0.2) is 0 Å². The number of nitrogens with zero attached hydrogens (tertiary/aromatic N) is 1. The number of ether oxygens (including phenoxy) is 1. The molecule has 0 aliphatic heterocycles. The van der Waals surface area contributed by atoms with Gasteiger partial charge >= 0.3 is 0 Å². The molecular formula is C18H14ClNO2. The highest BCUT2D eigenvalue weighted by Gasteiger charge is 2.13. The molecule has 4 heteroatoms. The first-order valence-electron chi connectivity index (χ1n) is 6.77. The van der Waals surface area contributed by atoms with E-state index in [9.17, 15) is 5.11 Å². The van der Waals surface area contributed by atoms with Gasteiger partial charge in [0.05, 0.1) is 17.8 Å². The Labute approximate surface area is 133 Å². The van der Waals surface area contributed by atoms with E-state index < -0.39 is 0 Å². The minimum absolute atomic E-state index is 0.135. The molecule has 0 atom stereocenters. The number of hydrogen-bond acceptors (Lipinski definition) is 3. The molecule has 0 unspecified atom stereocenters. The quantitative estimate of drug-likeness (QED) is 0.756. The van der Waals surface area contributed by atoms with Crippen molar-refractivity contribution in [2.45, 2.75) is 0 Å². The third-order valence-corrected chi connectivity index (χ3v) is 3.72. The van der Waals surface area contributed by atoms with Crippen LogP contribution in [0.3, 0.4) is 0 Å². The highest BCUT2D eigenvalue weighted by Crippen LogP contribution is 2.38. The van der Waals surface area contributed by atoms with Crippen LogP contribution in [0.2, 0.25) is 5.02 Å². The number of rotatable bonds is 3. The largest absolute Gasteiger partial charge is 0.508 e. The Bertz CT molecular complexity index is 803. The van der Waals surface area contributed by atoms with E-state index in [1.807, 2.05) is 36.4 Å². The molecule has 110 valence electrons. The van der Waals surface area contributed by atoms with E-state index in [1.165, 1.54) is 6.07 Å². The fourth-order valence-corrected chi connectivity index (χ4v) is 2.62. The molecule has 3 nitrogen and oxygen atoms in total. The lowest BCUT2D eigenvalue weighted by molar-refractivity contribution is 0.415. The predicted molar refractivity (Wildman–Crippen MR) is 88.3 cm³/mol. The van der Waals surface area contributed by atoms with Crippen LogP contribution in [0.1, 0.15) is 0 Å². The average Bonchev–Trinajstić information content (AvgIpc) is 2.55. The van der Waals surface area contributed by atoms with Gasteiger partial charge in [-0.15, -0.1) is 0 Å². The molecule has 1 heterocycles. The van der Waals surface area contributed by atoms with Crippen molar-refractivity contribution in [2.75, 3.05) is 7.11 Å². The summed E-state index contributed by atoms with van der Waals surface area (Å²) < 4.78 is 5.32. The number of hydrogen-bond donors (Lipinski definition) is 1. The van der Waals surface area contributed by atoms with Crippen LogP contribution in [-0.4, -0.2) is 17.2 Å². The third kappa shape index (κ3) is 2.76. The molecule has 0 fully saturated rings. The van der Waals surface area contributed by atoms with E-state index in [0.717, 1.165) is 28.1 Å². The monoisotopic (exact) mass is 311 g/mol. The van der Waals surface area contributed by atoms with Crippen molar-refractivity contribution in [3.63, 3.8) is 0 Å². The first-order chi connectivity index (χ1) is 10.7. The fraction of sp³-hybridized carbons (Fsp3) is 0.0556. The number of pyridine rings is 1. The van der Waals surface area contributed by atoms with Crippen molar-refractivity contribution in [3.8, 4) is 33.9 Å². The number of aromatic hydroxyl groups is 1. The Morgan fingerprint density at radius 3 is 2.45 bits per heavy atom. The van der Waals surface area contributed by atoms with Gasteiger partial charge in [0.25, 0.3) is 0 Å². The molecule has 22 heavy (non-hydrogen) atoms. The maximum absolute atomic E-state index is 9.55. The van der Waals surface area contributed by atoms with Gasteiger partial charge in [0.15, 0.2) is 0 Å². The molecule has 0 aliphatic carbocycles. The average molecular weight is 312 g/mol. The van der Waals surface area contributed by atoms with Crippen LogP contribution >= 0.6 is 11.6 Å². The van der Waals surface area contributed by atoms with Gasteiger partial charge in [0.2, 0.25) is 0 Å². The summed E-state index contributed by atoms with van der Waals surface area (Å²) in [6.45, 7) is 0. The third-order valence-electron chi connectivity index (χ3n) is 3.41. The van der Waals surface area contributed by atoms with Gasteiger partial charge in [-0.2, -0.15) is 0 Å². The Hall–Kier alpha value is -2.52. The van der Waals surface area contributed by atoms with Gasteiger partial charge in [-0.3, -0.25) is 4.98 Å². The zero-order valence-electron chi connectivity index (χ0n) is 12.0. The normalized spacial score (nSPS) is 10.5. The second-order valence-electron chi connectivity index (χ2n) is 4.79. The zero-order chi connectivity index (χ0) is 15.5. The fourth-order valence-electron chi connectivity index (χ4n) is 2.34. The lowest BCUT2D eigenvalue weighted by Gasteiger charge is -2.13. The summed E-state index contributed by atoms with van der Waals surface area (Å²) in [4.78, 5) is 4.40. The maximum atomic E-state index is 9.55. The molecule has 1 N–H and O–H groups in total. The zero-order valence-corrected chi connectivity index (χ0v) is 12.7. The molecule has 0 aliphatic rings. The molecule has 0 bridgehead atoms.